The first-order valence-electron chi connectivity index (χ1n) is 6.00. The minimum Gasteiger partial charge on any atom is -0.317 e. The van der Waals surface area contributed by atoms with E-state index in [1.54, 1.807) is 6.07 Å². The van der Waals surface area contributed by atoms with E-state index >= 15 is 0 Å². The Morgan fingerprint density at radius 2 is 1.88 bits per heavy atom. The van der Waals surface area contributed by atoms with Gasteiger partial charge in [-0.25, -0.2) is 8.42 Å². The lowest BCUT2D eigenvalue weighted by molar-refractivity contribution is 0.460. The van der Waals surface area contributed by atoms with Crippen molar-refractivity contribution in [2.45, 2.75) is 30.6 Å². The summed E-state index contributed by atoms with van der Waals surface area (Å²) in [5, 5.41) is 3.34. The fourth-order valence-corrected chi connectivity index (χ4v) is 3.46. The lowest BCUT2D eigenvalue weighted by Gasteiger charge is -2.23. The van der Waals surface area contributed by atoms with Gasteiger partial charge in [-0.15, -0.1) is 0 Å². The molecule has 0 unspecified atom stereocenters. The molecule has 2 rings (SSSR count). The average molecular weight is 253 g/mol. The van der Waals surface area contributed by atoms with Gasteiger partial charge in [0.1, 0.15) is 0 Å². The van der Waals surface area contributed by atoms with Crippen LogP contribution in [0.4, 0.5) is 0 Å². The Morgan fingerprint density at radius 3 is 2.41 bits per heavy atom. The third-order valence-electron chi connectivity index (χ3n) is 3.41. The summed E-state index contributed by atoms with van der Waals surface area (Å²) in [4.78, 5) is 0.454. The number of sulfone groups is 1. The van der Waals surface area contributed by atoms with E-state index in [2.05, 4.69) is 5.32 Å². The van der Waals surface area contributed by atoms with Crippen LogP contribution in [0.3, 0.4) is 0 Å². The molecule has 0 saturated carbocycles. The van der Waals surface area contributed by atoms with E-state index in [1.807, 2.05) is 19.1 Å². The second kappa shape index (κ2) is 4.78. The van der Waals surface area contributed by atoms with E-state index in [4.69, 9.17) is 0 Å². The Hall–Kier alpha value is -0.870. The van der Waals surface area contributed by atoms with Gasteiger partial charge in [0, 0.05) is 6.26 Å². The van der Waals surface area contributed by atoms with Crippen LogP contribution in [-0.2, 0) is 9.84 Å². The Balaban J connectivity index is 2.30. The molecule has 0 bridgehead atoms. The zero-order chi connectivity index (χ0) is 12.5. The maximum Gasteiger partial charge on any atom is 0.175 e. The zero-order valence-electron chi connectivity index (χ0n) is 10.4. The lowest BCUT2D eigenvalue weighted by Crippen LogP contribution is -2.26. The van der Waals surface area contributed by atoms with E-state index < -0.39 is 9.84 Å². The number of rotatable bonds is 2. The molecule has 0 aromatic heterocycles. The molecule has 17 heavy (non-hydrogen) atoms. The van der Waals surface area contributed by atoms with Crippen molar-refractivity contribution in [3.05, 3.63) is 29.3 Å². The van der Waals surface area contributed by atoms with Crippen molar-refractivity contribution in [3.63, 3.8) is 0 Å². The summed E-state index contributed by atoms with van der Waals surface area (Å²) in [7, 11) is -3.09. The number of nitrogens with one attached hydrogen (secondary N) is 1. The monoisotopic (exact) mass is 253 g/mol. The lowest BCUT2D eigenvalue weighted by atomic mass is 9.89. The van der Waals surface area contributed by atoms with E-state index in [1.165, 1.54) is 11.8 Å². The minimum atomic E-state index is -3.09. The maximum atomic E-state index is 11.5. The predicted octanol–water partition coefficient (Wildman–Crippen LogP) is 1.87. The van der Waals surface area contributed by atoms with Crippen molar-refractivity contribution in [2.75, 3.05) is 19.3 Å². The highest BCUT2D eigenvalue weighted by molar-refractivity contribution is 7.90. The Labute approximate surface area is 103 Å². The normalized spacial score (nSPS) is 18.2. The Bertz CT molecular complexity index is 502. The minimum absolute atomic E-state index is 0.454. The summed E-state index contributed by atoms with van der Waals surface area (Å²) in [6.45, 7) is 3.98. The number of piperidine rings is 1. The van der Waals surface area contributed by atoms with E-state index in [0.29, 0.717) is 10.8 Å². The van der Waals surface area contributed by atoms with Crippen molar-refractivity contribution < 1.29 is 8.42 Å². The van der Waals surface area contributed by atoms with Crippen LogP contribution in [0.2, 0.25) is 0 Å². The van der Waals surface area contributed by atoms with Crippen LogP contribution < -0.4 is 5.32 Å². The number of aryl methyl sites for hydroxylation is 1. The summed E-state index contributed by atoms with van der Waals surface area (Å²) >= 11 is 0. The van der Waals surface area contributed by atoms with Crippen molar-refractivity contribution in [3.8, 4) is 0 Å². The molecule has 4 heteroatoms. The molecule has 0 aliphatic carbocycles. The van der Waals surface area contributed by atoms with Crippen molar-refractivity contribution >= 4 is 9.84 Å². The molecular formula is C13H19NO2S. The van der Waals surface area contributed by atoms with Gasteiger partial charge in [0.05, 0.1) is 4.90 Å². The topological polar surface area (TPSA) is 46.2 Å². The van der Waals surface area contributed by atoms with Crippen LogP contribution in [0, 0.1) is 6.92 Å². The Kier molecular flexibility index (Phi) is 3.54. The van der Waals surface area contributed by atoms with Crippen LogP contribution in [0.1, 0.15) is 29.9 Å². The third kappa shape index (κ3) is 2.87. The third-order valence-corrected chi connectivity index (χ3v) is 4.67. The van der Waals surface area contributed by atoms with Crippen LogP contribution in [0.5, 0.6) is 0 Å². The first-order valence-corrected chi connectivity index (χ1v) is 7.89. The summed E-state index contributed by atoms with van der Waals surface area (Å²) in [6, 6.07) is 5.76. The average Bonchev–Trinajstić information content (AvgIpc) is 2.28. The van der Waals surface area contributed by atoms with Crippen LogP contribution in [-0.4, -0.2) is 27.8 Å². The quantitative estimate of drug-likeness (QED) is 0.875. The van der Waals surface area contributed by atoms with Gasteiger partial charge in [-0.3, -0.25) is 0 Å². The molecule has 0 amide bonds. The molecule has 0 radical (unpaired) electrons. The molecular weight excluding hydrogens is 234 g/mol. The maximum absolute atomic E-state index is 11.5. The van der Waals surface area contributed by atoms with E-state index in [0.717, 1.165) is 31.5 Å². The number of benzene rings is 1. The molecule has 1 N–H and O–H groups in total. The number of hydrogen-bond acceptors (Lipinski definition) is 3. The fourth-order valence-electron chi connectivity index (χ4n) is 2.50. The smallest absolute Gasteiger partial charge is 0.175 e. The van der Waals surface area contributed by atoms with Gasteiger partial charge >= 0.3 is 0 Å². The van der Waals surface area contributed by atoms with Crippen molar-refractivity contribution in [1.29, 1.82) is 0 Å². The molecule has 3 nitrogen and oxygen atoms in total. The summed E-state index contributed by atoms with van der Waals surface area (Å²) < 4.78 is 23.1. The summed E-state index contributed by atoms with van der Waals surface area (Å²) in [6.07, 6.45) is 3.54. The predicted molar refractivity (Wildman–Crippen MR) is 69.1 cm³/mol. The SMILES string of the molecule is Cc1cc(C2CCNCC2)ccc1S(C)(=O)=O. The molecule has 1 aliphatic heterocycles. The fraction of sp³-hybridized carbons (Fsp3) is 0.538. The van der Waals surface area contributed by atoms with Gasteiger partial charge in [0.2, 0.25) is 0 Å². The van der Waals surface area contributed by atoms with Crippen LogP contribution in [0.15, 0.2) is 23.1 Å². The highest BCUT2D eigenvalue weighted by Gasteiger charge is 2.17. The molecule has 1 aromatic carbocycles. The summed E-state index contributed by atoms with van der Waals surface area (Å²) in [5.74, 6) is 0.573. The summed E-state index contributed by atoms with van der Waals surface area (Å²) in [5.41, 5.74) is 2.14. The van der Waals surface area contributed by atoms with Crippen molar-refractivity contribution in [1.82, 2.24) is 5.32 Å². The first kappa shape index (κ1) is 12.6. The van der Waals surface area contributed by atoms with Gasteiger partial charge in [-0.1, -0.05) is 12.1 Å². The van der Waals surface area contributed by atoms with Gasteiger partial charge in [-0.2, -0.15) is 0 Å². The first-order chi connectivity index (χ1) is 7.98. The van der Waals surface area contributed by atoms with E-state index in [-0.39, 0.29) is 0 Å². The van der Waals surface area contributed by atoms with E-state index in [9.17, 15) is 8.42 Å². The highest BCUT2D eigenvalue weighted by Crippen LogP contribution is 2.27. The zero-order valence-corrected chi connectivity index (χ0v) is 11.2. The molecule has 94 valence electrons. The van der Waals surface area contributed by atoms with Crippen molar-refractivity contribution in [2.24, 2.45) is 0 Å². The molecule has 1 saturated heterocycles. The second-order valence-corrected chi connectivity index (χ2v) is 6.81. The van der Waals surface area contributed by atoms with Gasteiger partial charge in [-0.05, 0) is 56.0 Å². The molecule has 1 heterocycles. The molecule has 1 fully saturated rings. The standard InChI is InChI=1S/C13H19NO2S/c1-10-9-12(11-5-7-14-8-6-11)3-4-13(10)17(2,15)16/h3-4,9,11,14H,5-8H2,1-2H3. The van der Waals surface area contributed by atoms with Gasteiger partial charge in [0.25, 0.3) is 0 Å². The van der Waals surface area contributed by atoms with Gasteiger partial charge in [0.15, 0.2) is 9.84 Å². The molecule has 0 atom stereocenters. The van der Waals surface area contributed by atoms with Crippen LogP contribution >= 0.6 is 0 Å². The molecule has 0 spiro atoms. The van der Waals surface area contributed by atoms with Crippen LogP contribution in [0.25, 0.3) is 0 Å². The molecule has 1 aromatic rings. The second-order valence-electron chi connectivity index (χ2n) is 4.82. The largest absolute Gasteiger partial charge is 0.317 e. The Morgan fingerprint density at radius 1 is 1.24 bits per heavy atom. The highest BCUT2D eigenvalue weighted by atomic mass is 32.2. The van der Waals surface area contributed by atoms with Gasteiger partial charge < -0.3 is 5.32 Å². The molecule has 1 aliphatic rings. The number of hydrogen-bond donors (Lipinski definition) is 1.